The SMILES string of the molecule is CCOc1ccc(C2=N/C(=C\c3csc(N(CC)C(C)=O)n3)C(=O)O2)cc1OCC. The number of nitrogens with zero attached hydrogens (tertiary/aromatic N) is 3. The molecule has 1 aromatic carbocycles. The lowest BCUT2D eigenvalue weighted by Gasteiger charge is -2.14. The van der Waals surface area contributed by atoms with Crippen molar-refractivity contribution < 1.29 is 23.8 Å². The molecule has 0 fully saturated rings. The van der Waals surface area contributed by atoms with Crippen molar-refractivity contribution >= 4 is 40.3 Å². The van der Waals surface area contributed by atoms with Crippen molar-refractivity contribution in [2.75, 3.05) is 24.7 Å². The molecule has 8 nitrogen and oxygen atoms in total. The molecule has 0 saturated carbocycles. The van der Waals surface area contributed by atoms with E-state index >= 15 is 0 Å². The van der Waals surface area contributed by atoms with Crippen LogP contribution in [0.25, 0.3) is 6.08 Å². The Labute approximate surface area is 178 Å². The first-order valence-electron chi connectivity index (χ1n) is 9.63. The molecule has 0 saturated heterocycles. The minimum absolute atomic E-state index is 0.0905. The molecule has 2 heterocycles. The highest BCUT2D eigenvalue weighted by molar-refractivity contribution is 7.14. The van der Waals surface area contributed by atoms with Crippen LogP contribution in [-0.4, -0.2) is 42.5 Å². The van der Waals surface area contributed by atoms with Crippen LogP contribution < -0.4 is 14.4 Å². The molecule has 0 atom stereocenters. The van der Waals surface area contributed by atoms with Crippen molar-refractivity contribution in [1.82, 2.24) is 4.98 Å². The number of hydrogen-bond acceptors (Lipinski definition) is 8. The summed E-state index contributed by atoms with van der Waals surface area (Å²) in [6, 6.07) is 5.25. The van der Waals surface area contributed by atoms with E-state index in [9.17, 15) is 9.59 Å². The fourth-order valence-corrected chi connectivity index (χ4v) is 3.71. The molecule has 1 aliphatic heterocycles. The van der Waals surface area contributed by atoms with Crippen LogP contribution in [0.3, 0.4) is 0 Å². The maximum Gasteiger partial charge on any atom is 0.363 e. The number of thiazole rings is 1. The number of ether oxygens (including phenoxy) is 3. The van der Waals surface area contributed by atoms with Gasteiger partial charge in [-0.05, 0) is 45.0 Å². The van der Waals surface area contributed by atoms with Gasteiger partial charge in [-0.3, -0.25) is 9.69 Å². The van der Waals surface area contributed by atoms with Crippen LogP contribution in [0.5, 0.6) is 11.5 Å². The van der Waals surface area contributed by atoms with Crippen LogP contribution in [0.15, 0.2) is 34.3 Å². The van der Waals surface area contributed by atoms with Crippen LogP contribution in [0.1, 0.15) is 39.0 Å². The van der Waals surface area contributed by atoms with E-state index in [-0.39, 0.29) is 17.5 Å². The Morgan fingerprint density at radius 2 is 1.93 bits per heavy atom. The molecule has 0 N–H and O–H groups in total. The second-order valence-electron chi connectivity index (χ2n) is 6.18. The summed E-state index contributed by atoms with van der Waals surface area (Å²) in [4.78, 5) is 34.3. The third kappa shape index (κ3) is 4.68. The number of amides is 1. The van der Waals surface area contributed by atoms with Crippen molar-refractivity contribution in [1.29, 1.82) is 0 Å². The van der Waals surface area contributed by atoms with Crippen molar-refractivity contribution in [3.63, 3.8) is 0 Å². The number of carbonyl (C=O) groups is 2. The number of aliphatic imine (C=N–C) groups is 1. The second-order valence-corrected chi connectivity index (χ2v) is 7.02. The van der Waals surface area contributed by atoms with E-state index in [0.29, 0.717) is 47.6 Å². The summed E-state index contributed by atoms with van der Waals surface area (Å²) in [6.45, 7) is 8.64. The first-order valence-corrected chi connectivity index (χ1v) is 10.5. The largest absolute Gasteiger partial charge is 0.490 e. The van der Waals surface area contributed by atoms with Crippen molar-refractivity contribution in [2.45, 2.75) is 27.7 Å². The zero-order valence-corrected chi connectivity index (χ0v) is 18.1. The van der Waals surface area contributed by atoms with Gasteiger partial charge in [-0.25, -0.2) is 14.8 Å². The van der Waals surface area contributed by atoms with E-state index in [1.807, 2.05) is 20.8 Å². The van der Waals surface area contributed by atoms with E-state index in [0.717, 1.165) is 0 Å². The summed E-state index contributed by atoms with van der Waals surface area (Å²) in [5.41, 5.74) is 1.28. The van der Waals surface area contributed by atoms with Gasteiger partial charge in [0, 0.05) is 24.4 Å². The number of aromatic nitrogens is 1. The molecular formula is C21H23N3O5S. The Hall–Kier alpha value is -3.20. The summed E-state index contributed by atoms with van der Waals surface area (Å²) in [5.74, 6) is 0.702. The molecule has 0 aliphatic carbocycles. The maximum absolute atomic E-state index is 12.3. The van der Waals surface area contributed by atoms with Gasteiger partial charge >= 0.3 is 5.97 Å². The van der Waals surface area contributed by atoms with Crippen LogP contribution in [0.2, 0.25) is 0 Å². The Morgan fingerprint density at radius 3 is 2.60 bits per heavy atom. The normalized spacial score (nSPS) is 14.5. The molecule has 0 unspecified atom stereocenters. The number of cyclic esters (lactones) is 1. The lowest BCUT2D eigenvalue weighted by Crippen LogP contribution is -2.27. The smallest absolute Gasteiger partial charge is 0.363 e. The van der Waals surface area contributed by atoms with Gasteiger partial charge in [0.25, 0.3) is 0 Å². The lowest BCUT2D eigenvalue weighted by molar-refractivity contribution is -0.130. The first-order chi connectivity index (χ1) is 14.5. The number of hydrogen-bond donors (Lipinski definition) is 0. The van der Waals surface area contributed by atoms with Gasteiger partial charge in [-0.2, -0.15) is 0 Å². The van der Waals surface area contributed by atoms with E-state index in [4.69, 9.17) is 14.2 Å². The van der Waals surface area contributed by atoms with Gasteiger partial charge in [0.15, 0.2) is 22.3 Å². The van der Waals surface area contributed by atoms with Crippen LogP contribution in [0.4, 0.5) is 5.13 Å². The Balaban J connectivity index is 1.87. The molecule has 9 heteroatoms. The van der Waals surface area contributed by atoms with Crippen molar-refractivity contribution in [3.8, 4) is 11.5 Å². The van der Waals surface area contributed by atoms with Gasteiger partial charge in [0.2, 0.25) is 11.8 Å². The predicted octanol–water partition coefficient (Wildman–Crippen LogP) is 3.66. The standard InChI is InChI=1S/C21H23N3O5S/c1-5-24(13(4)25)21-22-15(12-30-21)11-16-20(26)29-19(23-16)14-8-9-17(27-6-2)18(10-14)28-7-3/h8-12H,5-7H2,1-4H3/b16-11-. The lowest BCUT2D eigenvalue weighted by atomic mass is 10.2. The Morgan fingerprint density at radius 1 is 1.20 bits per heavy atom. The quantitative estimate of drug-likeness (QED) is 0.470. The maximum atomic E-state index is 12.3. The van der Waals surface area contributed by atoms with Crippen molar-refractivity contribution in [2.24, 2.45) is 4.99 Å². The zero-order chi connectivity index (χ0) is 21.7. The molecule has 1 aromatic heterocycles. The second kappa shape index (κ2) is 9.53. The van der Waals surface area contributed by atoms with Gasteiger partial charge < -0.3 is 14.2 Å². The zero-order valence-electron chi connectivity index (χ0n) is 17.3. The third-order valence-corrected chi connectivity index (χ3v) is 5.01. The molecule has 3 rings (SSSR count). The van der Waals surface area contributed by atoms with Crippen LogP contribution in [0, 0.1) is 0 Å². The highest BCUT2D eigenvalue weighted by atomic mass is 32.1. The molecule has 0 bridgehead atoms. The molecule has 0 radical (unpaired) electrons. The fourth-order valence-electron chi connectivity index (χ4n) is 2.82. The topological polar surface area (TPSA) is 90.3 Å². The van der Waals surface area contributed by atoms with Crippen LogP contribution in [-0.2, 0) is 14.3 Å². The number of carbonyl (C=O) groups excluding carboxylic acids is 2. The van der Waals surface area contributed by atoms with Crippen molar-refractivity contribution in [3.05, 3.63) is 40.5 Å². The fraction of sp³-hybridized carbons (Fsp3) is 0.333. The average Bonchev–Trinajstić information content (AvgIpc) is 3.31. The molecule has 2 aromatic rings. The number of esters is 1. The minimum Gasteiger partial charge on any atom is -0.490 e. The summed E-state index contributed by atoms with van der Waals surface area (Å²) in [6.07, 6.45) is 1.54. The predicted molar refractivity (Wildman–Crippen MR) is 115 cm³/mol. The van der Waals surface area contributed by atoms with Gasteiger partial charge in [0.05, 0.1) is 18.9 Å². The first kappa shape index (κ1) is 21.5. The van der Waals surface area contributed by atoms with Gasteiger partial charge in [-0.1, -0.05) is 0 Å². The monoisotopic (exact) mass is 429 g/mol. The number of benzene rings is 1. The summed E-state index contributed by atoms with van der Waals surface area (Å²) in [7, 11) is 0. The summed E-state index contributed by atoms with van der Waals surface area (Å²) in [5, 5.41) is 2.33. The highest BCUT2D eigenvalue weighted by Crippen LogP contribution is 2.30. The molecular weight excluding hydrogens is 406 g/mol. The summed E-state index contributed by atoms with van der Waals surface area (Å²) < 4.78 is 16.5. The van der Waals surface area contributed by atoms with Crippen LogP contribution >= 0.6 is 11.3 Å². The van der Waals surface area contributed by atoms with E-state index < -0.39 is 5.97 Å². The van der Waals surface area contributed by atoms with Gasteiger partial charge in [-0.15, -0.1) is 11.3 Å². The number of anilines is 1. The third-order valence-electron chi connectivity index (χ3n) is 4.13. The van der Waals surface area contributed by atoms with Gasteiger partial charge in [0.1, 0.15) is 0 Å². The molecule has 1 aliphatic rings. The minimum atomic E-state index is -0.565. The van der Waals surface area contributed by atoms with E-state index in [2.05, 4.69) is 9.98 Å². The van der Waals surface area contributed by atoms with E-state index in [1.54, 1.807) is 34.6 Å². The highest BCUT2D eigenvalue weighted by Gasteiger charge is 2.25. The average molecular weight is 429 g/mol. The molecule has 30 heavy (non-hydrogen) atoms. The summed E-state index contributed by atoms with van der Waals surface area (Å²) >= 11 is 1.32. The number of rotatable bonds is 8. The Kier molecular flexibility index (Phi) is 6.83. The molecule has 1 amide bonds. The Bertz CT molecular complexity index is 1010. The van der Waals surface area contributed by atoms with E-state index in [1.165, 1.54) is 18.3 Å². The molecule has 158 valence electrons. The molecule has 0 spiro atoms.